The molecule has 0 saturated carbocycles. The number of nitrogens with zero attached hydrogens (tertiary/aromatic N) is 3. The lowest BCUT2D eigenvalue weighted by Crippen LogP contribution is -2.15. The highest BCUT2D eigenvalue weighted by Crippen LogP contribution is 2.28. The molecule has 0 bridgehead atoms. The second kappa shape index (κ2) is 7.41. The van der Waals surface area contributed by atoms with Crippen LogP contribution in [0.3, 0.4) is 0 Å². The first kappa shape index (κ1) is 18.1. The van der Waals surface area contributed by atoms with Crippen LogP contribution in [0.1, 0.15) is 5.69 Å². The van der Waals surface area contributed by atoms with Crippen molar-refractivity contribution in [2.75, 3.05) is 5.32 Å². The maximum absolute atomic E-state index is 12.4. The summed E-state index contributed by atoms with van der Waals surface area (Å²) in [4.78, 5) is 28.2. The topological polar surface area (TPSA) is 89.5 Å². The minimum atomic E-state index is -0.586. The van der Waals surface area contributed by atoms with Crippen molar-refractivity contribution in [2.45, 2.75) is 6.42 Å². The highest BCUT2D eigenvalue weighted by atomic mass is 35.5. The zero-order valence-corrected chi connectivity index (χ0v) is 15.9. The lowest BCUT2D eigenvalue weighted by atomic mass is 10.2. The molecule has 0 radical (unpaired) electrons. The van der Waals surface area contributed by atoms with E-state index in [0.29, 0.717) is 5.69 Å². The third kappa shape index (κ3) is 3.60. The van der Waals surface area contributed by atoms with E-state index in [-0.39, 0.29) is 23.0 Å². The van der Waals surface area contributed by atoms with Gasteiger partial charge in [-0.1, -0.05) is 41.9 Å². The van der Waals surface area contributed by atoms with Gasteiger partial charge >= 0.3 is 0 Å². The van der Waals surface area contributed by atoms with E-state index < -0.39 is 4.92 Å². The summed E-state index contributed by atoms with van der Waals surface area (Å²) in [6.45, 7) is 0. The number of hydrogen-bond acceptors (Lipinski definition) is 5. The molecule has 140 valence electrons. The maximum Gasteiger partial charge on any atom is 0.289 e. The number of carbonyl (C=O) groups is 1. The fourth-order valence-corrected chi connectivity index (χ4v) is 3.86. The summed E-state index contributed by atoms with van der Waals surface area (Å²) in [5, 5.41) is 15.6. The van der Waals surface area contributed by atoms with E-state index in [1.165, 1.54) is 29.5 Å². The van der Waals surface area contributed by atoms with Gasteiger partial charge in [-0.25, -0.2) is 4.98 Å². The van der Waals surface area contributed by atoms with Crippen LogP contribution in [0.25, 0.3) is 16.2 Å². The Morgan fingerprint density at radius 1 is 1.25 bits per heavy atom. The van der Waals surface area contributed by atoms with E-state index in [9.17, 15) is 14.9 Å². The molecule has 0 fully saturated rings. The molecule has 7 nitrogen and oxygen atoms in total. The largest absolute Gasteiger partial charge is 0.325 e. The van der Waals surface area contributed by atoms with Gasteiger partial charge in [-0.05, 0) is 12.1 Å². The number of benzene rings is 2. The molecule has 0 spiro atoms. The van der Waals surface area contributed by atoms with Crippen molar-refractivity contribution in [1.82, 2.24) is 9.38 Å². The van der Waals surface area contributed by atoms with Crippen LogP contribution in [0, 0.1) is 10.1 Å². The number of hydrogen-bond donors (Lipinski definition) is 1. The van der Waals surface area contributed by atoms with E-state index in [2.05, 4.69) is 10.3 Å². The summed E-state index contributed by atoms with van der Waals surface area (Å²) in [5.41, 5.74) is 2.70. The Morgan fingerprint density at radius 3 is 2.79 bits per heavy atom. The second-order valence-electron chi connectivity index (χ2n) is 6.02. The van der Waals surface area contributed by atoms with E-state index >= 15 is 0 Å². The van der Waals surface area contributed by atoms with Crippen molar-refractivity contribution in [1.29, 1.82) is 0 Å². The number of amides is 1. The normalized spacial score (nSPS) is 10.9. The Hall–Kier alpha value is -3.23. The Kier molecular flexibility index (Phi) is 4.81. The number of nitro groups is 1. The summed E-state index contributed by atoms with van der Waals surface area (Å²) >= 11 is 7.25. The molecular weight excluding hydrogens is 400 g/mol. The monoisotopic (exact) mass is 412 g/mol. The predicted octanol–water partition coefficient (Wildman–Crippen LogP) is 4.81. The van der Waals surface area contributed by atoms with Gasteiger partial charge in [0.05, 0.1) is 17.0 Å². The van der Waals surface area contributed by atoms with Gasteiger partial charge in [0.1, 0.15) is 5.02 Å². The number of nitro benzene ring substituents is 1. The van der Waals surface area contributed by atoms with Crippen molar-refractivity contribution in [3.05, 3.63) is 80.9 Å². The van der Waals surface area contributed by atoms with Crippen LogP contribution < -0.4 is 5.32 Å². The molecule has 4 rings (SSSR count). The predicted molar refractivity (Wildman–Crippen MR) is 109 cm³/mol. The number of aromatic nitrogens is 2. The summed E-state index contributed by atoms with van der Waals surface area (Å²) in [7, 11) is 0. The molecule has 0 aliphatic carbocycles. The fourth-order valence-electron chi connectivity index (χ4n) is 2.80. The zero-order valence-electron chi connectivity index (χ0n) is 14.3. The average Bonchev–Trinajstić information content (AvgIpc) is 3.26. The lowest BCUT2D eigenvalue weighted by molar-refractivity contribution is -0.384. The van der Waals surface area contributed by atoms with Gasteiger partial charge in [0.25, 0.3) is 5.69 Å². The number of anilines is 1. The van der Waals surface area contributed by atoms with Crippen LogP contribution in [0.5, 0.6) is 0 Å². The highest BCUT2D eigenvalue weighted by Gasteiger charge is 2.16. The van der Waals surface area contributed by atoms with Crippen LogP contribution in [0.2, 0.25) is 5.02 Å². The van der Waals surface area contributed by atoms with Crippen LogP contribution >= 0.6 is 22.9 Å². The molecule has 1 amide bonds. The number of carbonyl (C=O) groups excluding carboxylic acids is 1. The molecular formula is C19H13ClN4O3S. The lowest BCUT2D eigenvalue weighted by Gasteiger charge is -2.05. The average molecular weight is 413 g/mol. The number of fused-ring (bicyclic) bond motifs is 1. The van der Waals surface area contributed by atoms with Crippen molar-refractivity contribution < 1.29 is 9.72 Å². The molecule has 9 heteroatoms. The summed E-state index contributed by atoms with van der Waals surface area (Å²) < 4.78 is 1.89. The second-order valence-corrected chi connectivity index (χ2v) is 7.26. The van der Waals surface area contributed by atoms with E-state index in [0.717, 1.165) is 21.9 Å². The Morgan fingerprint density at radius 2 is 2.04 bits per heavy atom. The molecule has 0 saturated heterocycles. The third-order valence-electron chi connectivity index (χ3n) is 4.12. The molecule has 0 aliphatic heterocycles. The number of thiazole rings is 1. The fraction of sp³-hybridized carbons (Fsp3) is 0.0526. The van der Waals surface area contributed by atoms with Crippen LogP contribution in [-0.2, 0) is 11.2 Å². The first-order valence-electron chi connectivity index (χ1n) is 8.26. The molecule has 0 aliphatic rings. The SMILES string of the molecule is O=C(Cc1csc2nc(-c3ccccc3)cn12)Nc1ccc(Cl)c([N+](=O)[O-])c1. The van der Waals surface area contributed by atoms with E-state index in [1.807, 2.05) is 46.3 Å². The van der Waals surface area contributed by atoms with Gasteiger partial charge in [-0.2, -0.15) is 0 Å². The summed E-state index contributed by atoms with van der Waals surface area (Å²) in [5.74, 6) is -0.286. The van der Waals surface area contributed by atoms with Gasteiger partial charge in [0.2, 0.25) is 5.91 Å². The van der Waals surface area contributed by atoms with Crippen molar-refractivity contribution in [3.63, 3.8) is 0 Å². The molecule has 0 atom stereocenters. The van der Waals surface area contributed by atoms with Crippen LogP contribution in [-0.4, -0.2) is 20.2 Å². The number of imidazole rings is 1. The quantitative estimate of drug-likeness (QED) is 0.376. The van der Waals surface area contributed by atoms with Crippen molar-refractivity contribution in [3.8, 4) is 11.3 Å². The number of rotatable bonds is 5. The van der Waals surface area contributed by atoms with Crippen molar-refractivity contribution >= 4 is 45.2 Å². The minimum Gasteiger partial charge on any atom is -0.325 e. The van der Waals surface area contributed by atoms with Crippen molar-refractivity contribution in [2.24, 2.45) is 0 Å². The van der Waals surface area contributed by atoms with Gasteiger partial charge in [0.15, 0.2) is 4.96 Å². The highest BCUT2D eigenvalue weighted by molar-refractivity contribution is 7.15. The first-order valence-corrected chi connectivity index (χ1v) is 9.52. The Bertz CT molecular complexity index is 1190. The number of halogens is 1. The summed E-state index contributed by atoms with van der Waals surface area (Å²) in [6, 6.07) is 14.0. The van der Waals surface area contributed by atoms with Crippen LogP contribution in [0.15, 0.2) is 60.1 Å². The van der Waals surface area contributed by atoms with Gasteiger partial charge < -0.3 is 5.32 Å². The Labute approximate surface area is 168 Å². The smallest absolute Gasteiger partial charge is 0.289 e. The molecule has 2 heterocycles. The molecule has 0 unspecified atom stereocenters. The third-order valence-corrected chi connectivity index (χ3v) is 5.33. The zero-order chi connectivity index (χ0) is 19.7. The van der Waals surface area contributed by atoms with Gasteiger partial charge in [-0.3, -0.25) is 19.3 Å². The molecule has 2 aromatic carbocycles. The Balaban J connectivity index is 1.53. The maximum atomic E-state index is 12.4. The number of nitrogens with one attached hydrogen (secondary N) is 1. The standard InChI is InChI=1S/C19H13ClN4O3S/c20-15-7-6-13(8-17(15)24(26)27)21-18(25)9-14-11-28-19-22-16(10-23(14)19)12-4-2-1-3-5-12/h1-8,10-11H,9H2,(H,21,25). The first-order chi connectivity index (χ1) is 13.5. The molecule has 1 N–H and O–H groups in total. The van der Waals surface area contributed by atoms with Crippen LogP contribution in [0.4, 0.5) is 11.4 Å². The molecule has 2 aromatic heterocycles. The minimum absolute atomic E-state index is 0.0226. The summed E-state index contributed by atoms with van der Waals surface area (Å²) in [6.07, 6.45) is 2.01. The molecule has 28 heavy (non-hydrogen) atoms. The van der Waals surface area contributed by atoms with Gasteiger partial charge in [0, 0.05) is 34.6 Å². The van der Waals surface area contributed by atoms with Gasteiger partial charge in [-0.15, -0.1) is 11.3 Å². The van der Waals surface area contributed by atoms with E-state index in [4.69, 9.17) is 11.6 Å². The van der Waals surface area contributed by atoms with E-state index in [1.54, 1.807) is 0 Å². The molecule has 4 aromatic rings.